The van der Waals surface area contributed by atoms with Crippen molar-refractivity contribution in [3.05, 3.63) is 0 Å². The topological polar surface area (TPSA) is 80.7 Å². The highest BCUT2D eigenvalue weighted by molar-refractivity contribution is 5.85. The van der Waals surface area contributed by atoms with Crippen LogP contribution in [0.15, 0.2) is 0 Å². The lowest BCUT2D eigenvalue weighted by Gasteiger charge is -2.31. The minimum atomic E-state index is -1.09. The van der Waals surface area contributed by atoms with E-state index in [1.54, 1.807) is 20.8 Å². The van der Waals surface area contributed by atoms with Crippen LogP contribution in [0.2, 0.25) is 0 Å². The van der Waals surface area contributed by atoms with Gasteiger partial charge in [0.2, 0.25) is 0 Å². The van der Waals surface area contributed by atoms with Gasteiger partial charge in [-0.2, -0.15) is 0 Å². The third kappa shape index (κ3) is 4.00. The summed E-state index contributed by atoms with van der Waals surface area (Å²) >= 11 is 0. The predicted octanol–water partition coefficient (Wildman–Crippen LogP) is 1.40. The van der Waals surface area contributed by atoms with Gasteiger partial charge in [-0.25, -0.2) is 0 Å². The molecule has 0 saturated carbocycles. The van der Waals surface area contributed by atoms with Crippen LogP contribution < -0.4 is 0 Å². The van der Waals surface area contributed by atoms with E-state index in [-0.39, 0.29) is 18.6 Å². The minimum absolute atomic E-state index is 0.125. The monoisotopic (exact) mass is 230 g/mol. The second kappa shape index (κ2) is 5.63. The summed E-state index contributed by atoms with van der Waals surface area (Å²) in [5, 5.41) is 8.71. The smallest absolute Gasteiger partial charge is 0.307 e. The number of ether oxygens (including phenoxy) is 1. The third-order valence-corrected chi connectivity index (χ3v) is 2.51. The lowest BCUT2D eigenvalue weighted by molar-refractivity contribution is -0.160. The molecule has 0 aromatic carbocycles. The second-order valence-electron chi connectivity index (χ2n) is 4.19. The molecule has 0 heterocycles. The molecule has 0 fully saturated rings. The van der Waals surface area contributed by atoms with Gasteiger partial charge in [0.05, 0.1) is 11.8 Å². The zero-order valence-electron chi connectivity index (χ0n) is 10.1. The summed E-state index contributed by atoms with van der Waals surface area (Å²) in [6.45, 7) is 6.07. The number of Topliss-reactive ketones (excluding diaryl/α,β-unsaturated/α-hetero) is 1. The molecule has 0 saturated heterocycles. The average Bonchev–Trinajstić information content (AvgIpc) is 2.13. The van der Waals surface area contributed by atoms with E-state index in [2.05, 4.69) is 0 Å². The Morgan fingerprint density at radius 1 is 1.31 bits per heavy atom. The predicted molar refractivity (Wildman–Crippen MR) is 56.9 cm³/mol. The Morgan fingerprint density at radius 2 is 1.81 bits per heavy atom. The lowest BCUT2D eigenvalue weighted by Crippen LogP contribution is -2.41. The van der Waals surface area contributed by atoms with Gasteiger partial charge in [0.1, 0.15) is 11.9 Å². The van der Waals surface area contributed by atoms with Crippen LogP contribution in [0, 0.1) is 5.41 Å². The van der Waals surface area contributed by atoms with Gasteiger partial charge in [0.15, 0.2) is 0 Å². The first-order valence-corrected chi connectivity index (χ1v) is 5.14. The largest absolute Gasteiger partial charge is 0.481 e. The Kier molecular flexibility index (Phi) is 5.14. The quantitative estimate of drug-likeness (QED) is 0.697. The lowest BCUT2D eigenvalue weighted by atomic mass is 9.79. The molecule has 0 bridgehead atoms. The Bertz CT molecular complexity index is 277. The molecule has 0 aliphatic carbocycles. The van der Waals surface area contributed by atoms with Gasteiger partial charge < -0.3 is 9.84 Å². The molecule has 5 nitrogen and oxygen atoms in total. The van der Waals surface area contributed by atoms with Gasteiger partial charge in [-0.3, -0.25) is 14.4 Å². The van der Waals surface area contributed by atoms with Gasteiger partial charge in [-0.05, 0) is 13.8 Å². The number of carbonyl (C=O) groups excluding carboxylic acids is 2. The minimum Gasteiger partial charge on any atom is -0.481 e. The van der Waals surface area contributed by atoms with Gasteiger partial charge >= 0.3 is 11.9 Å². The Labute approximate surface area is 94.8 Å². The number of ketones is 1. The summed E-state index contributed by atoms with van der Waals surface area (Å²) in [7, 11) is 0. The number of carboxylic acids is 1. The van der Waals surface area contributed by atoms with Gasteiger partial charge in [0.25, 0.3) is 0 Å². The van der Waals surface area contributed by atoms with Crippen LogP contribution >= 0.6 is 0 Å². The van der Waals surface area contributed by atoms with E-state index in [0.29, 0.717) is 0 Å². The van der Waals surface area contributed by atoms with E-state index in [1.807, 2.05) is 0 Å². The molecule has 0 aliphatic rings. The molecule has 0 amide bonds. The van der Waals surface area contributed by atoms with E-state index < -0.39 is 23.5 Å². The number of rotatable bonds is 6. The van der Waals surface area contributed by atoms with Crippen molar-refractivity contribution in [3.8, 4) is 0 Å². The summed E-state index contributed by atoms with van der Waals surface area (Å²) in [4.78, 5) is 33.2. The summed E-state index contributed by atoms with van der Waals surface area (Å²) in [6.07, 6.45) is -1.00. The van der Waals surface area contributed by atoms with Gasteiger partial charge in [0, 0.05) is 13.3 Å². The number of hydrogen-bond donors (Lipinski definition) is 1. The highest BCUT2D eigenvalue weighted by Crippen LogP contribution is 2.28. The maximum absolute atomic E-state index is 11.7. The zero-order chi connectivity index (χ0) is 12.9. The van der Waals surface area contributed by atoms with E-state index in [1.165, 1.54) is 6.92 Å². The van der Waals surface area contributed by atoms with Crippen molar-refractivity contribution in [1.29, 1.82) is 0 Å². The zero-order valence-corrected chi connectivity index (χ0v) is 10.1. The molecule has 1 atom stereocenters. The Morgan fingerprint density at radius 3 is 2.12 bits per heavy atom. The number of esters is 1. The Balaban J connectivity index is 4.92. The van der Waals surface area contributed by atoms with Crippen molar-refractivity contribution in [1.82, 2.24) is 0 Å². The van der Waals surface area contributed by atoms with Crippen molar-refractivity contribution in [2.45, 2.75) is 46.6 Å². The summed E-state index contributed by atoms with van der Waals surface area (Å²) < 4.78 is 4.91. The number of aliphatic carboxylic acids is 1. The molecule has 0 radical (unpaired) electrons. The molecule has 0 aromatic rings. The van der Waals surface area contributed by atoms with Crippen LogP contribution in [0.5, 0.6) is 0 Å². The highest BCUT2D eigenvalue weighted by atomic mass is 16.5. The first-order valence-electron chi connectivity index (χ1n) is 5.14. The van der Waals surface area contributed by atoms with Crippen LogP contribution in [0.3, 0.4) is 0 Å². The first-order chi connectivity index (χ1) is 7.21. The van der Waals surface area contributed by atoms with Crippen LogP contribution in [0.4, 0.5) is 0 Å². The van der Waals surface area contributed by atoms with E-state index in [9.17, 15) is 14.4 Å². The normalized spacial score (nSPS) is 13.0. The molecule has 16 heavy (non-hydrogen) atoms. The van der Waals surface area contributed by atoms with Crippen molar-refractivity contribution in [2.75, 3.05) is 0 Å². The molecule has 0 spiro atoms. The van der Waals surface area contributed by atoms with Gasteiger partial charge in [-0.1, -0.05) is 6.92 Å². The van der Waals surface area contributed by atoms with E-state index in [4.69, 9.17) is 9.84 Å². The molecule has 0 rings (SSSR count). The van der Waals surface area contributed by atoms with E-state index in [0.717, 1.165) is 0 Å². The van der Waals surface area contributed by atoms with Crippen molar-refractivity contribution in [3.63, 3.8) is 0 Å². The second-order valence-corrected chi connectivity index (χ2v) is 4.19. The molecule has 0 unspecified atom stereocenters. The third-order valence-electron chi connectivity index (χ3n) is 2.51. The molecule has 5 heteroatoms. The summed E-state index contributed by atoms with van der Waals surface area (Å²) in [5.41, 5.74) is -0.973. The fourth-order valence-corrected chi connectivity index (χ4v) is 1.44. The van der Waals surface area contributed by atoms with Crippen molar-refractivity contribution >= 4 is 17.7 Å². The molecule has 0 aliphatic heterocycles. The fourth-order valence-electron chi connectivity index (χ4n) is 1.44. The molecular weight excluding hydrogens is 212 g/mol. The van der Waals surface area contributed by atoms with E-state index >= 15 is 0 Å². The molecule has 92 valence electrons. The standard InChI is InChI=1S/C11H18O5/c1-5-8(13)11(3,4)9(6-10(14)15)16-7(2)12/h9H,5-6H2,1-4H3,(H,14,15)/t9-/m0/s1. The van der Waals surface area contributed by atoms with Crippen LogP contribution in [0.1, 0.15) is 40.5 Å². The molecular formula is C11H18O5. The van der Waals surface area contributed by atoms with Gasteiger partial charge in [-0.15, -0.1) is 0 Å². The number of hydrogen-bond acceptors (Lipinski definition) is 4. The average molecular weight is 230 g/mol. The molecule has 1 N–H and O–H groups in total. The van der Waals surface area contributed by atoms with Crippen LogP contribution in [-0.4, -0.2) is 28.9 Å². The fraction of sp³-hybridized carbons (Fsp3) is 0.727. The van der Waals surface area contributed by atoms with Crippen molar-refractivity contribution in [2.24, 2.45) is 5.41 Å². The van der Waals surface area contributed by atoms with Crippen molar-refractivity contribution < 1.29 is 24.2 Å². The maximum atomic E-state index is 11.7. The first kappa shape index (κ1) is 14.6. The molecule has 0 aromatic heterocycles. The highest BCUT2D eigenvalue weighted by Gasteiger charge is 2.39. The summed E-state index contributed by atoms with van der Waals surface area (Å²) in [5.74, 6) is -1.80. The summed E-state index contributed by atoms with van der Waals surface area (Å²) in [6, 6.07) is 0. The number of carboxylic acid groups (broad SMARTS) is 1. The maximum Gasteiger partial charge on any atom is 0.307 e. The number of carbonyl (C=O) groups is 3. The van der Waals surface area contributed by atoms with Crippen LogP contribution in [0.25, 0.3) is 0 Å². The van der Waals surface area contributed by atoms with Crippen LogP contribution in [-0.2, 0) is 19.1 Å². The SMILES string of the molecule is CCC(=O)C(C)(C)[C@H](CC(=O)O)OC(C)=O. The Hall–Kier alpha value is -1.39.